The van der Waals surface area contributed by atoms with Crippen molar-refractivity contribution < 1.29 is 79.1 Å². The average molecular weight is 1000 g/mol. The van der Waals surface area contributed by atoms with E-state index in [2.05, 4.69) is 34.2 Å². The van der Waals surface area contributed by atoms with Gasteiger partial charge in [0.2, 0.25) is 0 Å². The van der Waals surface area contributed by atoms with Crippen LogP contribution in [-0.4, -0.2) is 27.3 Å². The molecule has 0 radical (unpaired) electrons. The molecule has 0 aliphatic rings. The maximum absolute atomic E-state index is 11.8. The zero-order valence-corrected chi connectivity index (χ0v) is 37.8. The van der Waals surface area contributed by atoms with Gasteiger partial charge < -0.3 is 15.3 Å². The minimum Gasteiger partial charge on any atom is -0.872 e. The number of aromatic nitrogens is 2. The van der Waals surface area contributed by atoms with E-state index in [1.165, 1.54) is 0 Å². The number of ketones is 3. The van der Waals surface area contributed by atoms with Crippen molar-refractivity contribution in [2.45, 2.75) is 0 Å². The van der Waals surface area contributed by atoms with Gasteiger partial charge in [0.1, 0.15) is 0 Å². The predicted molar refractivity (Wildman–Crippen MR) is 253 cm³/mol. The molecule has 0 aliphatic heterocycles. The van der Waals surface area contributed by atoms with Crippen molar-refractivity contribution in [2.75, 3.05) is 0 Å². The van der Waals surface area contributed by atoms with Crippen LogP contribution >= 0.6 is 0 Å². The molecule has 9 heteroatoms. The second kappa shape index (κ2) is 26.4. The fraction of sp³-hybridized carbons (Fsp3) is 0. The number of carbonyl (C=O) groups excluding carboxylic acids is 3. The number of nitrogens with zero attached hydrogens (tertiary/aromatic N) is 2. The van der Waals surface area contributed by atoms with Crippen LogP contribution in [0.25, 0.3) is 39.1 Å². The summed E-state index contributed by atoms with van der Waals surface area (Å²) in [5.41, 5.74) is 5.10. The van der Waals surface area contributed by atoms with Crippen LogP contribution in [0.2, 0.25) is 0 Å². The Bertz CT molecular complexity index is 2740. The van der Waals surface area contributed by atoms with Crippen molar-refractivity contribution in [2.24, 2.45) is 0 Å². The van der Waals surface area contributed by atoms with E-state index in [1.807, 2.05) is 48.5 Å². The molecule has 9 rings (SSSR count). The van der Waals surface area contributed by atoms with Gasteiger partial charge in [-0.05, 0) is 47.1 Å². The van der Waals surface area contributed by atoms with Crippen molar-refractivity contribution >= 4 is 56.4 Å². The molecular formula is C57H41EuN2O6. The second-order valence-electron chi connectivity index (χ2n) is 14.0. The molecule has 0 saturated carbocycles. The van der Waals surface area contributed by atoms with E-state index in [0.717, 1.165) is 40.0 Å². The van der Waals surface area contributed by atoms with E-state index in [-0.39, 0.29) is 84.0 Å². The van der Waals surface area contributed by atoms with Crippen LogP contribution in [-0.2, 0) is 0 Å². The first-order valence-electron chi connectivity index (χ1n) is 20.5. The molecule has 66 heavy (non-hydrogen) atoms. The van der Waals surface area contributed by atoms with E-state index >= 15 is 0 Å². The van der Waals surface area contributed by atoms with Crippen LogP contribution in [0.1, 0.15) is 47.8 Å². The Kier molecular flexibility index (Phi) is 19.8. The zero-order chi connectivity index (χ0) is 45.6. The number of hydrogen-bond donors (Lipinski definition) is 0. The Labute approximate surface area is 424 Å². The molecular weight excluding hydrogens is 961 g/mol. The number of pyridine rings is 2. The zero-order valence-electron chi connectivity index (χ0n) is 35.4. The molecule has 7 aromatic carbocycles. The van der Waals surface area contributed by atoms with Gasteiger partial charge in [0.05, 0.1) is 11.0 Å². The maximum atomic E-state index is 11.8. The van der Waals surface area contributed by atoms with Gasteiger partial charge in [-0.15, -0.1) is 0 Å². The molecule has 0 bridgehead atoms. The minimum atomic E-state index is -0.264. The summed E-state index contributed by atoms with van der Waals surface area (Å²) >= 11 is 0. The van der Waals surface area contributed by atoms with Gasteiger partial charge in [0, 0.05) is 39.9 Å². The first kappa shape index (κ1) is 49.6. The van der Waals surface area contributed by atoms with Gasteiger partial charge in [-0.25, -0.2) is 0 Å². The van der Waals surface area contributed by atoms with Crippen molar-refractivity contribution in [1.29, 1.82) is 0 Å². The molecule has 0 aliphatic carbocycles. The summed E-state index contributed by atoms with van der Waals surface area (Å²) in [7, 11) is 0. The van der Waals surface area contributed by atoms with E-state index < -0.39 is 0 Å². The Morgan fingerprint density at radius 2 is 0.530 bits per heavy atom. The largest absolute Gasteiger partial charge is 3.00 e. The van der Waals surface area contributed by atoms with Crippen molar-refractivity contribution in [3.05, 3.63) is 282 Å². The van der Waals surface area contributed by atoms with Crippen molar-refractivity contribution in [1.82, 2.24) is 9.97 Å². The fourth-order valence-corrected chi connectivity index (χ4v) is 6.15. The molecule has 9 aromatic rings. The monoisotopic (exact) mass is 1000 g/mol. The second-order valence-corrected chi connectivity index (χ2v) is 14.0. The summed E-state index contributed by atoms with van der Waals surface area (Å²) in [6.07, 6.45) is 6.99. The number of fused-ring (bicyclic) bond motifs is 3. The molecule has 322 valence electrons. The van der Waals surface area contributed by atoms with Gasteiger partial charge in [0.25, 0.3) is 0 Å². The van der Waals surface area contributed by atoms with Gasteiger partial charge in [-0.3, -0.25) is 24.4 Å². The third-order valence-electron chi connectivity index (χ3n) is 9.48. The van der Waals surface area contributed by atoms with Gasteiger partial charge in [-0.1, -0.05) is 224 Å². The summed E-state index contributed by atoms with van der Waals surface area (Å²) in [5, 5.41) is 37.5. The summed E-state index contributed by atoms with van der Waals surface area (Å²) in [6, 6.07) is 64.7. The number of carbonyl (C=O) groups is 3. The van der Waals surface area contributed by atoms with Crippen molar-refractivity contribution in [3.8, 4) is 0 Å². The van der Waals surface area contributed by atoms with Gasteiger partial charge in [-0.2, -0.15) is 0 Å². The molecule has 2 aromatic heterocycles. The fourth-order valence-electron chi connectivity index (χ4n) is 6.15. The summed E-state index contributed by atoms with van der Waals surface area (Å²) < 4.78 is 0. The predicted octanol–water partition coefficient (Wildman–Crippen LogP) is 9.60. The van der Waals surface area contributed by atoms with E-state index in [4.69, 9.17) is 0 Å². The molecule has 0 amide bonds. The number of allylic oxidation sites excluding steroid dienone is 3. The maximum Gasteiger partial charge on any atom is 3.00 e. The topological polar surface area (TPSA) is 146 Å². The Morgan fingerprint density at radius 3 is 0.773 bits per heavy atom. The summed E-state index contributed by atoms with van der Waals surface area (Å²) in [4.78, 5) is 43.9. The molecule has 0 fully saturated rings. The molecule has 2 heterocycles. The first-order valence-corrected chi connectivity index (χ1v) is 20.5. The van der Waals surface area contributed by atoms with E-state index in [9.17, 15) is 29.7 Å². The standard InChI is InChI=1S/3C15H12O2.C12H8N2.Eu/c3*16-14(12-7-3-1-4-8-12)11-15(17)13-9-5-2-6-10-13;1-3-9-5-6-10-4-2-8-14-12(10)11(9)13-7-1;/h3*1-11,16H;1-8H;/q;;;;+3/p-3/b14-11+;2*14-11-;;. The van der Waals surface area contributed by atoms with Crippen LogP contribution in [0, 0.1) is 49.4 Å². The molecule has 0 atom stereocenters. The third kappa shape index (κ3) is 15.1. The Balaban J connectivity index is 0.000000164. The van der Waals surface area contributed by atoms with Crippen LogP contribution < -0.4 is 15.3 Å². The number of rotatable bonds is 9. The first-order chi connectivity index (χ1) is 31.8. The summed E-state index contributed by atoms with van der Waals surface area (Å²) in [6.45, 7) is 0. The SMILES string of the molecule is O=C(/C=C(/[O-])c1ccccc1)c1ccccc1.O=C(/C=C(\[O-])c1ccccc1)c1ccccc1.O=C(/C=C(\[O-])c1ccccc1)c1ccccc1.[Eu+3].c1cnc2c(c1)ccc1cccnc12. The molecule has 0 N–H and O–H groups in total. The van der Waals surface area contributed by atoms with Crippen LogP contribution in [0.3, 0.4) is 0 Å². The van der Waals surface area contributed by atoms with E-state index in [0.29, 0.717) is 33.4 Å². The average Bonchev–Trinajstić information content (AvgIpc) is 3.38. The smallest absolute Gasteiger partial charge is 0.872 e. The third-order valence-corrected chi connectivity index (χ3v) is 9.48. The van der Waals surface area contributed by atoms with Gasteiger partial charge in [0.15, 0.2) is 17.3 Å². The quantitative estimate of drug-likeness (QED) is 0.0602. The van der Waals surface area contributed by atoms with E-state index in [1.54, 1.807) is 158 Å². The number of hydrogen-bond acceptors (Lipinski definition) is 8. The molecule has 0 spiro atoms. The number of benzene rings is 7. The molecule has 8 nitrogen and oxygen atoms in total. The van der Waals surface area contributed by atoms with Crippen LogP contribution in [0.15, 0.2) is 249 Å². The van der Waals surface area contributed by atoms with Crippen LogP contribution in [0.4, 0.5) is 0 Å². The van der Waals surface area contributed by atoms with Gasteiger partial charge >= 0.3 is 49.4 Å². The summed E-state index contributed by atoms with van der Waals surface area (Å²) in [5.74, 6) is -1.59. The van der Waals surface area contributed by atoms with Crippen LogP contribution in [0.5, 0.6) is 0 Å². The van der Waals surface area contributed by atoms with Crippen molar-refractivity contribution in [3.63, 3.8) is 0 Å². The Hall–Kier alpha value is -7.43. The normalized spacial score (nSPS) is 10.9. The molecule has 0 saturated heterocycles. The molecule has 0 unspecified atom stereocenters. The minimum absolute atomic E-state index is 0. The Morgan fingerprint density at radius 1 is 0.303 bits per heavy atom.